The van der Waals surface area contributed by atoms with Gasteiger partial charge in [0.25, 0.3) is 0 Å². The number of hydrogen-bond donors (Lipinski definition) is 3. The maximum Gasteiger partial charge on any atom is 0.373 e. The number of fused-ring (bicyclic) bond motifs is 2. The number of nitrogens with one attached hydrogen (secondary N) is 2. The molecule has 27 heavy (non-hydrogen) atoms. The standard InChI is InChI=1S/C9H14BNO2S.C9H13NOS.ClH/c1-10(12)11-6-8-7-3-5-14-9(7)2-4-13-8;1-10-6-8-7-3-5-12-9(7)2-4-11-8;/h3,5,8,11-12H,2,4,6H2,1H3;3,5,8,10H,2,4,6H2,1H3;1H/i;1D3;. The average Bonchev–Trinajstić information content (AvgIpc) is 3.33. The molecule has 0 aliphatic carbocycles. The van der Waals surface area contributed by atoms with E-state index in [2.05, 4.69) is 22.0 Å². The van der Waals surface area contributed by atoms with Crippen LogP contribution in [0.1, 0.15) is 37.2 Å². The lowest BCUT2D eigenvalue weighted by Crippen LogP contribution is -2.36. The van der Waals surface area contributed by atoms with Gasteiger partial charge in [0, 0.05) is 39.8 Å². The molecule has 0 saturated carbocycles. The van der Waals surface area contributed by atoms with E-state index < -0.39 is 14.0 Å². The monoisotopic (exact) mass is 433 g/mol. The van der Waals surface area contributed by atoms with Crippen LogP contribution in [0.4, 0.5) is 0 Å². The molecule has 2 aromatic rings. The van der Waals surface area contributed by atoms with E-state index in [0.29, 0.717) is 19.7 Å². The Morgan fingerprint density at radius 2 is 1.67 bits per heavy atom. The lowest BCUT2D eigenvalue weighted by Gasteiger charge is -2.23. The second-order valence-electron chi connectivity index (χ2n) is 6.28. The fraction of sp³-hybridized carbons (Fsp3) is 0.556. The molecule has 4 rings (SSSR count). The number of hydrogen-bond acceptors (Lipinski definition) is 7. The van der Waals surface area contributed by atoms with Crippen LogP contribution in [-0.2, 0) is 22.3 Å². The smallest absolute Gasteiger partial charge is 0.373 e. The molecule has 4 heterocycles. The second kappa shape index (κ2) is 11.5. The Hall–Kier alpha value is -0.445. The average molecular weight is 434 g/mol. The van der Waals surface area contributed by atoms with E-state index in [1.165, 1.54) is 15.3 Å². The Morgan fingerprint density at radius 3 is 2.19 bits per heavy atom. The topological polar surface area (TPSA) is 62.8 Å². The van der Waals surface area contributed by atoms with Crippen LogP contribution in [-0.4, -0.2) is 45.4 Å². The number of likely N-dealkylation sites (N-methyl/N-ethyl adjacent to an activating group) is 1. The zero-order valence-electron chi connectivity index (χ0n) is 18.3. The Balaban J connectivity index is 0.000000207. The summed E-state index contributed by atoms with van der Waals surface area (Å²) in [6, 6.07) is 4.14. The van der Waals surface area contributed by atoms with E-state index >= 15 is 0 Å². The molecule has 2 atom stereocenters. The fourth-order valence-electron chi connectivity index (χ4n) is 3.16. The molecule has 0 radical (unpaired) electrons. The van der Waals surface area contributed by atoms with Gasteiger partial charge in [0.15, 0.2) is 0 Å². The molecule has 2 aliphatic heterocycles. The van der Waals surface area contributed by atoms with Crippen molar-refractivity contribution < 1.29 is 18.6 Å². The van der Waals surface area contributed by atoms with E-state index in [4.69, 9.17) is 18.6 Å². The summed E-state index contributed by atoms with van der Waals surface area (Å²) in [7, 11) is -0.470. The molecule has 3 N–H and O–H groups in total. The van der Waals surface area contributed by atoms with Gasteiger partial charge in [-0.05, 0) is 47.8 Å². The molecule has 0 bridgehead atoms. The van der Waals surface area contributed by atoms with E-state index in [1.807, 2.05) is 11.4 Å². The Labute approximate surface area is 180 Å². The normalized spacial score (nSPS) is 22.7. The van der Waals surface area contributed by atoms with Crippen molar-refractivity contribution in [3.05, 3.63) is 43.8 Å². The first-order valence-electron chi connectivity index (χ1n) is 10.4. The third-order valence-electron chi connectivity index (χ3n) is 4.44. The highest BCUT2D eigenvalue weighted by Gasteiger charge is 2.22. The van der Waals surface area contributed by atoms with Gasteiger partial charge in [0.1, 0.15) is 0 Å². The van der Waals surface area contributed by atoms with Crippen LogP contribution in [0.15, 0.2) is 22.9 Å². The highest BCUT2D eigenvalue weighted by atomic mass is 35.5. The molecule has 2 aromatic heterocycles. The van der Waals surface area contributed by atoms with Gasteiger partial charge in [0.05, 0.1) is 25.4 Å². The molecule has 9 heteroatoms. The Kier molecular flexibility index (Phi) is 7.93. The minimum absolute atomic E-state index is 0. The molecule has 5 nitrogen and oxygen atoms in total. The van der Waals surface area contributed by atoms with E-state index in [0.717, 1.165) is 25.0 Å². The van der Waals surface area contributed by atoms with Crippen molar-refractivity contribution in [1.29, 1.82) is 0 Å². The molecule has 0 fully saturated rings. The van der Waals surface area contributed by atoms with Crippen LogP contribution >= 0.6 is 35.1 Å². The van der Waals surface area contributed by atoms with E-state index in [9.17, 15) is 0 Å². The molecule has 0 aromatic carbocycles. The lowest BCUT2D eigenvalue weighted by atomic mass is 9.88. The van der Waals surface area contributed by atoms with Gasteiger partial charge >= 0.3 is 7.05 Å². The summed E-state index contributed by atoms with van der Waals surface area (Å²) >= 11 is 3.51. The fourth-order valence-corrected chi connectivity index (χ4v) is 4.99. The quantitative estimate of drug-likeness (QED) is 0.633. The summed E-state index contributed by atoms with van der Waals surface area (Å²) in [5.41, 5.74) is 2.43. The summed E-state index contributed by atoms with van der Waals surface area (Å²) in [6.07, 6.45) is 1.97. The maximum absolute atomic E-state index is 9.12. The predicted molar refractivity (Wildman–Crippen MR) is 116 cm³/mol. The molecule has 150 valence electrons. The second-order valence-corrected chi connectivity index (χ2v) is 8.28. The SMILES string of the molecule is CB(O)NCC1OCCc2sccc21.Cl.[2H]C([2H])([2H])NCC1OCCc2sccc21. The van der Waals surface area contributed by atoms with Gasteiger partial charge in [-0.25, -0.2) is 0 Å². The molecule has 0 spiro atoms. The predicted octanol–water partition coefficient (Wildman–Crippen LogP) is 3.06. The number of halogens is 1. The van der Waals surface area contributed by atoms with Gasteiger partial charge in [0.2, 0.25) is 0 Å². The minimum atomic E-state index is -2.09. The molecular formula is C18H28BClN2O3S2. The highest BCUT2D eigenvalue weighted by molar-refractivity contribution is 7.10. The minimum Gasteiger partial charge on any atom is -0.437 e. The molecule has 0 amide bonds. The van der Waals surface area contributed by atoms with Gasteiger partial charge in [-0.3, -0.25) is 0 Å². The first kappa shape index (κ1) is 18.6. The largest absolute Gasteiger partial charge is 0.437 e. The van der Waals surface area contributed by atoms with Crippen LogP contribution in [0.3, 0.4) is 0 Å². The molecule has 2 unspecified atom stereocenters. The first-order valence-corrected chi connectivity index (χ1v) is 10.6. The molecule has 2 aliphatic rings. The van der Waals surface area contributed by atoms with Gasteiger partial charge in [-0.15, -0.1) is 35.1 Å². The Morgan fingerprint density at radius 1 is 1.11 bits per heavy atom. The van der Waals surface area contributed by atoms with Crippen LogP contribution in [0.25, 0.3) is 0 Å². The Bertz CT molecular complexity index is 776. The van der Waals surface area contributed by atoms with E-state index in [-0.39, 0.29) is 24.6 Å². The van der Waals surface area contributed by atoms with Crippen molar-refractivity contribution in [2.75, 3.05) is 33.3 Å². The van der Waals surface area contributed by atoms with Crippen LogP contribution < -0.4 is 10.5 Å². The van der Waals surface area contributed by atoms with Crippen LogP contribution in [0.5, 0.6) is 0 Å². The summed E-state index contributed by atoms with van der Waals surface area (Å²) in [5, 5.41) is 18.7. The summed E-state index contributed by atoms with van der Waals surface area (Å²) in [4.78, 5) is 2.74. The lowest BCUT2D eigenvalue weighted by molar-refractivity contribution is 0.0451. The van der Waals surface area contributed by atoms with Crippen molar-refractivity contribution >= 4 is 42.1 Å². The first-order chi connectivity index (χ1) is 13.8. The molecule has 0 saturated heterocycles. The highest BCUT2D eigenvalue weighted by Crippen LogP contribution is 2.31. The third kappa shape index (κ3) is 6.27. The summed E-state index contributed by atoms with van der Waals surface area (Å²) < 4.78 is 32.4. The molecular weight excluding hydrogens is 403 g/mol. The summed E-state index contributed by atoms with van der Waals surface area (Å²) in [5.74, 6) is 0. The van der Waals surface area contributed by atoms with Crippen LogP contribution in [0, 0.1) is 0 Å². The zero-order valence-corrected chi connectivity index (χ0v) is 17.7. The maximum atomic E-state index is 9.12. The van der Waals surface area contributed by atoms with Gasteiger partial charge < -0.3 is 25.0 Å². The van der Waals surface area contributed by atoms with Gasteiger partial charge in [-0.1, -0.05) is 0 Å². The zero-order chi connectivity index (χ0) is 20.9. The number of thiophene rings is 2. The summed E-state index contributed by atoms with van der Waals surface area (Å²) in [6.45, 7) is 2.14. The van der Waals surface area contributed by atoms with E-state index in [1.54, 1.807) is 29.5 Å². The van der Waals surface area contributed by atoms with Crippen molar-refractivity contribution in [3.63, 3.8) is 0 Å². The van der Waals surface area contributed by atoms with Crippen molar-refractivity contribution in [2.45, 2.75) is 31.9 Å². The number of ether oxygens (including phenoxy) is 2. The van der Waals surface area contributed by atoms with Crippen molar-refractivity contribution in [2.24, 2.45) is 0 Å². The number of rotatable bonds is 5. The van der Waals surface area contributed by atoms with Crippen molar-refractivity contribution in [3.8, 4) is 0 Å². The third-order valence-corrected chi connectivity index (χ3v) is 6.43. The van der Waals surface area contributed by atoms with Crippen LogP contribution in [0.2, 0.25) is 6.82 Å². The van der Waals surface area contributed by atoms with Gasteiger partial charge in [-0.2, -0.15) is 0 Å². The van der Waals surface area contributed by atoms with Crippen molar-refractivity contribution in [1.82, 2.24) is 10.5 Å².